The van der Waals surface area contributed by atoms with E-state index in [1.165, 1.54) is 27.5 Å². The molecule has 15 heavy (non-hydrogen) atoms. The first-order valence-electron chi connectivity index (χ1n) is 4.16. The van der Waals surface area contributed by atoms with Crippen molar-refractivity contribution in [3.63, 3.8) is 0 Å². The first-order valence-corrected chi connectivity index (χ1v) is 4.16. The Labute approximate surface area is 87.6 Å². The van der Waals surface area contributed by atoms with Gasteiger partial charge in [-0.3, -0.25) is 0 Å². The number of aromatic nitrogens is 1. The van der Waals surface area contributed by atoms with Crippen LogP contribution in [0.5, 0.6) is 17.4 Å². The molecular weight excluding hydrogens is 201 g/mol. The average molecular weight is 213 g/mol. The van der Waals surface area contributed by atoms with Crippen molar-refractivity contribution >= 4 is 12.6 Å². The largest absolute Gasteiger partial charge is 0.496 e. The molecular formula is C8H12BNO5. The van der Waals surface area contributed by atoms with Crippen LogP contribution in [0.15, 0.2) is 6.20 Å². The summed E-state index contributed by atoms with van der Waals surface area (Å²) in [5.74, 6) is 0.538. The molecule has 6 nitrogen and oxygen atoms in total. The van der Waals surface area contributed by atoms with Crippen LogP contribution in [-0.4, -0.2) is 43.5 Å². The Morgan fingerprint density at radius 3 is 2.20 bits per heavy atom. The van der Waals surface area contributed by atoms with Crippen LogP contribution in [0.4, 0.5) is 0 Å². The molecule has 0 atom stereocenters. The summed E-state index contributed by atoms with van der Waals surface area (Å²) in [7, 11) is 2.47. The minimum atomic E-state index is -1.72. The van der Waals surface area contributed by atoms with Gasteiger partial charge in [0.2, 0.25) is 0 Å². The summed E-state index contributed by atoms with van der Waals surface area (Å²) in [6, 6.07) is 0. The molecule has 7 heteroatoms. The molecule has 1 aromatic heterocycles. The van der Waals surface area contributed by atoms with E-state index >= 15 is 0 Å². The van der Waals surface area contributed by atoms with Gasteiger partial charge in [0, 0.05) is 0 Å². The molecule has 0 spiro atoms. The van der Waals surface area contributed by atoms with Gasteiger partial charge >= 0.3 is 7.12 Å². The van der Waals surface area contributed by atoms with Crippen LogP contribution < -0.4 is 19.7 Å². The van der Waals surface area contributed by atoms with Gasteiger partial charge in [0.1, 0.15) is 5.75 Å². The smallest absolute Gasteiger partial charge is 0.495 e. The first kappa shape index (κ1) is 11.6. The summed E-state index contributed by atoms with van der Waals surface area (Å²) in [4.78, 5) is 3.89. The number of ether oxygens (including phenoxy) is 3. The lowest BCUT2D eigenvalue weighted by Gasteiger charge is -2.14. The fourth-order valence-electron chi connectivity index (χ4n) is 1.22. The van der Waals surface area contributed by atoms with E-state index in [4.69, 9.17) is 14.2 Å². The van der Waals surface area contributed by atoms with Gasteiger partial charge in [-0.1, -0.05) is 0 Å². The number of hydrogen-bond acceptors (Lipinski definition) is 6. The normalized spacial score (nSPS) is 9.67. The van der Waals surface area contributed by atoms with E-state index in [0.29, 0.717) is 0 Å². The molecule has 0 saturated heterocycles. The molecule has 0 aliphatic rings. The maximum Gasteiger partial charge on any atom is 0.496 e. The van der Waals surface area contributed by atoms with Gasteiger partial charge in [0.15, 0.2) is 5.75 Å². The van der Waals surface area contributed by atoms with Crippen molar-refractivity contribution in [2.45, 2.75) is 0 Å². The minimum Gasteiger partial charge on any atom is -0.495 e. The summed E-state index contributed by atoms with van der Waals surface area (Å²) >= 11 is 0. The molecule has 0 unspecified atom stereocenters. The van der Waals surface area contributed by atoms with E-state index in [0.717, 1.165) is 0 Å². The van der Waals surface area contributed by atoms with Gasteiger partial charge < -0.3 is 24.3 Å². The molecule has 1 aromatic rings. The zero-order valence-electron chi connectivity index (χ0n) is 8.72. The molecule has 0 radical (unpaired) electrons. The summed E-state index contributed by atoms with van der Waals surface area (Å²) < 4.78 is 14.8. The Morgan fingerprint density at radius 2 is 1.80 bits per heavy atom. The molecule has 0 aliphatic carbocycles. The van der Waals surface area contributed by atoms with E-state index in [2.05, 4.69) is 4.98 Å². The third-order valence-electron chi connectivity index (χ3n) is 1.88. The first-order chi connectivity index (χ1) is 7.15. The Bertz CT molecular complexity index is 344. The zero-order valence-corrected chi connectivity index (χ0v) is 8.72. The Morgan fingerprint density at radius 1 is 1.13 bits per heavy atom. The standard InChI is InChI=1S/C8H12BNO5/c1-13-5-4-10-8(15-3)7(14-2)6(5)9(11)12/h4,11-12H,1-3H3. The van der Waals surface area contributed by atoms with Gasteiger partial charge in [0.25, 0.3) is 5.88 Å². The summed E-state index contributed by atoms with van der Waals surface area (Å²) in [5.41, 5.74) is 0.0897. The average Bonchev–Trinajstić information content (AvgIpc) is 2.26. The topological polar surface area (TPSA) is 81.0 Å². The predicted molar refractivity (Wildman–Crippen MR) is 53.7 cm³/mol. The van der Waals surface area contributed by atoms with Gasteiger partial charge in [-0.15, -0.1) is 0 Å². The third kappa shape index (κ3) is 2.13. The van der Waals surface area contributed by atoms with E-state index < -0.39 is 7.12 Å². The molecule has 2 N–H and O–H groups in total. The number of nitrogens with zero attached hydrogens (tertiary/aromatic N) is 1. The fraction of sp³-hybridized carbons (Fsp3) is 0.375. The molecule has 1 rings (SSSR count). The van der Waals surface area contributed by atoms with Crippen LogP contribution in [0.2, 0.25) is 0 Å². The summed E-state index contributed by atoms with van der Waals surface area (Å²) in [6.07, 6.45) is 1.33. The van der Waals surface area contributed by atoms with Crippen molar-refractivity contribution in [3.05, 3.63) is 6.20 Å². The van der Waals surface area contributed by atoms with E-state index in [9.17, 15) is 10.0 Å². The quantitative estimate of drug-likeness (QED) is 0.610. The monoisotopic (exact) mass is 213 g/mol. The van der Waals surface area contributed by atoms with Crippen LogP contribution in [0.3, 0.4) is 0 Å². The van der Waals surface area contributed by atoms with E-state index in [1.807, 2.05) is 0 Å². The van der Waals surface area contributed by atoms with E-state index in [-0.39, 0.29) is 22.8 Å². The highest BCUT2D eigenvalue weighted by Gasteiger charge is 2.26. The minimum absolute atomic E-state index is 0.0897. The molecule has 0 aliphatic heterocycles. The predicted octanol–water partition coefficient (Wildman–Crippen LogP) is -1.21. The number of hydrogen-bond donors (Lipinski definition) is 2. The van der Waals surface area contributed by atoms with Gasteiger partial charge in [-0.05, 0) is 0 Å². The lowest BCUT2D eigenvalue weighted by Crippen LogP contribution is -2.33. The molecule has 1 heterocycles. The summed E-state index contributed by atoms with van der Waals surface area (Å²) in [5, 5.41) is 18.4. The van der Waals surface area contributed by atoms with Crippen molar-refractivity contribution in [1.29, 1.82) is 0 Å². The third-order valence-corrected chi connectivity index (χ3v) is 1.88. The van der Waals surface area contributed by atoms with Crippen LogP contribution in [0, 0.1) is 0 Å². The highest BCUT2D eigenvalue weighted by molar-refractivity contribution is 6.61. The Hall–Kier alpha value is -1.47. The zero-order chi connectivity index (χ0) is 11.4. The molecule has 0 amide bonds. The molecule has 0 saturated carbocycles. The van der Waals surface area contributed by atoms with Crippen molar-refractivity contribution in [2.75, 3.05) is 21.3 Å². The molecule has 0 aromatic carbocycles. The second-order valence-corrected chi connectivity index (χ2v) is 2.66. The highest BCUT2D eigenvalue weighted by Crippen LogP contribution is 2.25. The second-order valence-electron chi connectivity index (χ2n) is 2.66. The number of pyridine rings is 1. The van der Waals surface area contributed by atoms with Crippen molar-refractivity contribution in [1.82, 2.24) is 4.98 Å². The maximum absolute atomic E-state index is 9.18. The highest BCUT2D eigenvalue weighted by atomic mass is 16.5. The maximum atomic E-state index is 9.18. The lowest BCUT2D eigenvalue weighted by molar-refractivity contribution is 0.336. The van der Waals surface area contributed by atoms with Crippen LogP contribution in [0.1, 0.15) is 0 Å². The molecule has 0 fully saturated rings. The van der Waals surface area contributed by atoms with Crippen LogP contribution >= 0.6 is 0 Å². The van der Waals surface area contributed by atoms with E-state index in [1.54, 1.807) is 0 Å². The molecule has 0 bridgehead atoms. The SMILES string of the molecule is COc1cnc(OC)c(OC)c1B(O)O. The van der Waals surface area contributed by atoms with Crippen molar-refractivity contribution in [3.8, 4) is 17.4 Å². The van der Waals surface area contributed by atoms with Crippen LogP contribution in [-0.2, 0) is 0 Å². The van der Waals surface area contributed by atoms with Gasteiger partial charge in [-0.2, -0.15) is 0 Å². The Balaban J connectivity index is 3.37. The van der Waals surface area contributed by atoms with Crippen molar-refractivity contribution in [2.24, 2.45) is 0 Å². The summed E-state index contributed by atoms with van der Waals surface area (Å²) in [6.45, 7) is 0. The fourth-order valence-corrected chi connectivity index (χ4v) is 1.22. The van der Waals surface area contributed by atoms with Crippen molar-refractivity contribution < 1.29 is 24.3 Å². The van der Waals surface area contributed by atoms with Gasteiger partial charge in [0.05, 0.1) is 33.0 Å². The van der Waals surface area contributed by atoms with Crippen LogP contribution in [0.25, 0.3) is 0 Å². The Kier molecular flexibility index (Phi) is 3.76. The number of rotatable bonds is 4. The number of methoxy groups -OCH3 is 3. The van der Waals surface area contributed by atoms with Gasteiger partial charge in [-0.25, -0.2) is 4.98 Å². The second kappa shape index (κ2) is 4.85. The molecule has 82 valence electrons. The lowest BCUT2D eigenvalue weighted by atomic mass is 9.79.